The first-order valence-corrected chi connectivity index (χ1v) is 8.46. The standard InChI is InChI=1S/C18H17ClFN3O/c19-14-3-1-2-13(11-6-12(20)9-21-8-11)17(14)10-4-5-15-16(7-10)23-18(24)22-15/h1-3,6,8-10,15-16H,4-5,7H2,(H2,22,23,24). The molecular formula is C18H17ClFN3O. The number of amides is 2. The maximum atomic E-state index is 13.6. The molecule has 2 N–H and O–H groups in total. The third-order valence-corrected chi connectivity index (χ3v) is 5.29. The molecule has 1 saturated carbocycles. The SMILES string of the molecule is O=C1NC2CCC(c3c(Cl)cccc3-c3cncc(F)c3)CC2N1. The molecule has 4 rings (SSSR count). The van der Waals surface area contributed by atoms with Crippen LogP contribution in [-0.2, 0) is 0 Å². The van der Waals surface area contributed by atoms with Crippen LogP contribution in [0.5, 0.6) is 0 Å². The summed E-state index contributed by atoms with van der Waals surface area (Å²) in [5.41, 5.74) is 2.66. The van der Waals surface area contributed by atoms with Crippen LogP contribution in [0.1, 0.15) is 30.7 Å². The Morgan fingerprint density at radius 1 is 1.17 bits per heavy atom. The number of pyridine rings is 1. The summed E-state index contributed by atoms with van der Waals surface area (Å²) in [4.78, 5) is 15.5. The Bertz CT molecular complexity index is 798. The lowest BCUT2D eigenvalue weighted by molar-refractivity contribution is 0.247. The van der Waals surface area contributed by atoms with Crippen molar-refractivity contribution in [2.75, 3.05) is 0 Å². The molecule has 3 unspecified atom stereocenters. The fourth-order valence-electron chi connectivity index (χ4n) is 3.91. The molecule has 1 aromatic carbocycles. The lowest BCUT2D eigenvalue weighted by Crippen LogP contribution is -2.39. The van der Waals surface area contributed by atoms with Crippen LogP contribution in [0.4, 0.5) is 9.18 Å². The average molecular weight is 346 g/mol. The zero-order chi connectivity index (χ0) is 16.7. The minimum atomic E-state index is -0.366. The van der Waals surface area contributed by atoms with Crippen LogP contribution in [0.25, 0.3) is 11.1 Å². The summed E-state index contributed by atoms with van der Waals surface area (Å²) in [6.07, 6.45) is 5.51. The van der Waals surface area contributed by atoms with Crippen molar-refractivity contribution in [3.8, 4) is 11.1 Å². The van der Waals surface area contributed by atoms with E-state index in [9.17, 15) is 9.18 Å². The van der Waals surface area contributed by atoms with E-state index in [1.165, 1.54) is 12.3 Å². The number of hydrogen-bond acceptors (Lipinski definition) is 2. The zero-order valence-electron chi connectivity index (χ0n) is 12.9. The van der Waals surface area contributed by atoms with Gasteiger partial charge < -0.3 is 10.6 Å². The van der Waals surface area contributed by atoms with Crippen molar-refractivity contribution in [3.63, 3.8) is 0 Å². The van der Waals surface area contributed by atoms with E-state index < -0.39 is 0 Å². The molecular weight excluding hydrogens is 329 g/mol. The van der Waals surface area contributed by atoms with Crippen molar-refractivity contribution in [1.82, 2.24) is 15.6 Å². The first kappa shape index (κ1) is 15.4. The molecule has 1 aliphatic heterocycles. The van der Waals surface area contributed by atoms with Crippen molar-refractivity contribution >= 4 is 17.6 Å². The van der Waals surface area contributed by atoms with Gasteiger partial charge in [-0.15, -0.1) is 0 Å². The van der Waals surface area contributed by atoms with E-state index in [1.807, 2.05) is 18.2 Å². The Balaban J connectivity index is 1.72. The van der Waals surface area contributed by atoms with E-state index >= 15 is 0 Å². The van der Waals surface area contributed by atoms with E-state index in [-0.39, 0.29) is 29.8 Å². The number of aromatic nitrogens is 1. The summed E-state index contributed by atoms with van der Waals surface area (Å²) >= 11 is 6.51. The molecule has 1 saturated heterocycles. The predicted octanol–water partition coefficient (Wildman–Crippen LogP) is 3.86. The molecule has 1 aromatic heterocycles. The van der Waals surface area contributed by atoms with E-state index in [2.05, 4.69) is 15.6 Å². The van der Waals surface area contributed by atoms with Gasteiger partial charge in [0.1, 0.15) is 5.82 Å². The number of halogens is 2. The first-order valence-electron chi connectivity index (χ1n) is 8.08. The average Bonchev–Trinajstić information content (AvgIpc) is 2.93. The summed E-state index contributed by atoms with van der Waals surface area (Å²) in [6, 6.07) is 7.38. The second kappa shape index (κ2) is 6.06. The van der Waals surface area contributed by atoms with Gasteiger partial charge in [0.2, 0.25) is 0 Å². The van der Waals surface area contributed by atoms with Crippen LogP contribution in [0.3, 0.4) is 0 Å². The summed E-state index contributed by atoms with van der Waals surface area (Å²) in [7, 11) is 0. The third kappa shape index (κ3) is 2.73. The van der Waals surface area contributed by atoms with Gasteiger partial charge in [-0.1, -0.05) is 23.7 Å². The molecule has 0 bridgehead atoms. The van der Waals surface area contributed by atoms with Crippen LogP contribution >= 0.6 is 11.6 Å². The lowest BCUT2D eigenvalue weighted by atomic mass is 9.77. The molecule has 2 aliphatic rings. The molecule has 2 amide bonds. The van der Waals surface area contributed by atoms with E-state index in [0.717, 1.165) is 36.0 Å². The fourth-order valence-corrected chi connectivity index (χ4v) is 4.24. The molecule has 24 heavy (non-hydrogen) atoms. The van der Waals surface area contributed by atoms with Crippen LogP contribution in [-0.4, -0.2) is 23.1 Å². The highest BCUT2D eigenvalue weighted by Crippen LogP contribution is 2.42. The maximum absolute atomic E-state index is 13.6. The topological polar surface area (TPSA) is 54.0 Å². The highest BCUT2D eigenvalue weighted by molar-refractivity contribution is 6.31. The molecule has 3 atom stereocenters. The maximum Gasteiger partial charge on any atom is 0.315 e. The number of benzene rings is 1. The van der Waals surface area contributed by atoms with Gasteiger partial charge in [-0.05, 0) is 48.4 Å². The number of urea groups is 1. The number of carbonyl (C=O) groups excluding carboxylic acids is 1. The number of fused-ring (bicyclic) bond motifs is 1. The Hall–Kier alpha value is -2.14. The van der Waals surface area contributed by atoms with Crippen molar-refractivity contribution in [2.24, 2.45) is 0 Å². The van der Waals surface area contributed by atoms with E-state index in [1.54, 1.807) is 6.20 Å². The second-order valence-corrected chi connectivity index (χ2v) is 6.84. The summed E-state index contributed by atoms with van der Waals surface area (Å²) < 4.78 is 13.6. The molecule has 2 fully saturated rings. The van der Waals surface area contributed by atoms with Gasteiger partial charge in [-0.25, -0.2) is 9.18 Å². The number of nitrogens with zero attached hydrogens (tertiary/aromatic N) is 1. The van der Waals surface area contributed by atoms with Crippen LogP contribution in [0, 0.1) is 5.82 Å². The number of hydrogen-bond donors (Lipinski definition) is 2. The first-order chi connectivity index (χ1) is 11.6. The Morgan fingerprint density at radius 2 is 2.00 bits per heavy atom. The molecule has 2 heterocycles. The van der Waals surface area contributed by atoms with Gasteiger partial charge in [0.05, 0.1) is 18.3 Å². The highest BCUT2D eigenvalue weighted by Gasteiger charge is 2.38. The minimum Gasteiger partial charge on any atom is -0.333 e. The Labute approximate surface area is 144 Å². The largest absolute Gasteiger partial charge is 0.333 e. The quantitative estimate of drug-likeness (QED) is 0.868. The number of carbonyl (C=O) groups is 1. The molecule has 0 spiro atoms. The van der Waals surface area contributed by atoms with Gasteiger partial charge >= 0.3 is 6.03 Å². The normalized spacial score (nSPS) is 25.8. The van der Waals surface area contributed by atoms with E-state index in [4.69, 9.17) is 11.6 Å². The molecule has 1 aliphatic carbocycles. The molecule has 4 nitrogen and oxygen atoms in total. The van der Waals surface area contributed by atoms with Crippen LogP contribution in [0.15, 0.2) is 36.7 Å². The Morgan fingerprint density at radius 3 is 2.83 bits per heavy atom. The lowest BCUT2D eigenvalue weighted by Gasteiger charge is -2.32. The number of nitrogens with one attached hydrogen (secondary N) is 2. The van der Waals surface area contributed by atoms with Crippen molar-refractivity contribution in [1.29, 1.82) is 0 Å². The van der Waals surface area contributed by atoms with Crippen molar-refractivity contribution in [2.45, 2.75) is 37.3 Å². The predicted molar refractivity (Wildman–Crippen MR) is 90.5 cm³/mol. The van der Waals surface area contributed by atoms with Gasteiger partial charge in [0.15, 0.2) is 0 Å². The fraction of sp³-hybridized carbons (Fsp3) is 0.333. The van der Waals surface area contributed by atoms with Gasteiger partial charge in [-0.3, -0.25) is 4.98 Å². The number of rotatable bonds is 2. The molecule has 6 heteroatoms. The monoisotopic (exact) mass is 345 g/mol. The van der Waals surface area contributed by atoms with Crippen molar-refractivity contribution < 1.29 is 9.18 Å². The van der Waals surface area contributed by atoms with Gasteiger partial charge in [0.25, 0.3) is 0 Å². The molecule has 0 radical (unpaired) electrons. The third-order valence-electron chi connectivity index (χ3n) is 4.96. The Kier molecular flexibility index (Phi) is 3.88. The summed E-state index contributed by atoms with van der Waals surface area (Å²) in [5.74, 6) is -0.146. The van der Waals surface area contributed by atoms with Crippen molar-refractivity contribution in [3.05, 3.63) is 53.1 Å². The minimum absolute atomic E-state index is 0.0978. The van der Waals surface area contributed by atoms with Gasteiger partial charge in [-0.2, -0.15) is 0 Å². The van der Waals surface area contributed by atoms with Crippen LogP contribution < -0.4 is 10.6 Å². The van der Waals surface area contributed by atoms with Crippen LogP contribution in [0.2, 0.25) is 5.02 Å². The highest BCUT2D eigenvalue weighted by atomic mass is 35.5. The second-order valence-electron chi connectivity index (χ2n) is 6.43. The molecule has 2 aromatic rings. The van der Waals surface area contributed by atoms with E-state index in [0.29, 0.717) is 5.02 Å². The summed E-state index contributed by atoms with van der Waals surface area (Å²) in [6.45, 7) is 0. The molecule has 124 valence electrons. The zero-order valence-corrected chi connectivity index (χ0v) is 13.7. The smallest absolute Gasteiger partial charge is 0.315 e. The summed E-state index contributed by atoms with van der Waals surface area (Å²) in [5, 5.41) is 6.61. The van der Waals surface area contributed by atoms with Gasteiger partial charge in [0, 0.05) is 16.8 Å².